The van der Waals surface area contributed by atoms with Gasteiger partial charge in [-0.15, -0.1) is 35.0 Å². The van der Waals surface area contributed by atoms with Crippen molar-refractivity contribution in [3.8, 4) is 5.69 Å². The summed E-state index contributed by atoms with van der Waals surface area (Å²) in [5, 5.41) is 14.5. The monoisotopic (exact) mass is 452 g/mol. The number of fused-ring (bicyclic) bond motifs is 4. The molecule has 0 saturated carbocycles. The van der Waals surface area contributed by atoms with Gasteiger partial charge in [0.2, 0.25) is 0 Å². The Balaban J connectivity index is 0.00000128. The van der Waals surface area contributed by atoms with Gasteiger partial charge in [0.25, 0.3) is 5.91 Å². The van der Waals surface area contributed by atoms with E-state index in [1.165, 1.54) is 32.2 Å². The van der Waals surface area contributed by atoms with E-state index < -0.39 is 0 Å². The summed E-state index contributed by atoms with van der Waals surface area (Å²) in [7, 11) is 0. The minimum absolute atomic E-state index is 0. The number of hydrogen-bond acceptors (Lipinski definition) is 5. The van der Waals surface area contributed by atoms with Crippen LogP contribution >= 0.6 is 24.8 Å². The van der Waals surface area contributed by atoms with E-state index in [1.807, 2.05) is 28.8 Å². The topological polar surface area (TPSA) is 75.1 Å². The van der Waals surface area contributed by atoms with Gasteiger partial charge >= 0.3 is 0 Å². The summed E-state index contributed by atoms with van der Waals surface area (Å²) >= 11 is 0. The maximum absolute atomic E-state index is 12.9. The molecule has 3 aliphatic rings. The van der Waals surface area contributed by atoms with Crippen molar-refractivity contribution in [2.45, 2.75) is 37.8 Å². The van der Waals surface area contributed by atoms with Gasteiger partial charge in [-0.05, 0) is 68.9 Å². The Morgan fingerprint density at radius 3 is 2.77 bits per heavy atom. The SMILES string of the molecule is Cl.Cl.O=C(NC[C@H]1[C@@H]2CNC[C@@H](C2)[C@@H]2CCCCN21)c1cccc(-n2cnnc2)c1. The highest BCUT2D eigenvalue weighted by molar-refractivity contribution is 5.94. The normalized spacial score (nSPS) is 27.9. The van der Waals surface area contributed by atoms with Gasteiger partial charge in [-0.1, -0.05) is 12.5 Å². The van der Waals surface area contributed by atoms with E-state index in [2.05, 4.69) is 25.7 Å². The van der Waals surface area contributed by atoms with E-state index >= 15 is 0 Å². The Labute approximate surface area is 189 Å². The van der Waals surface area contributed by atoms with Crippen LogP contribution < -0.4 is 10.6 Å². The predicted octanol–water partition coefficient (Wildman–Crippen LogP) is 2.30. The molecule has 1 aromatic carbocycles. The molecule has 3 aliphatic heterocycles. The van der Waals surface area contributed by atoms with E-state index in [0.29, 0.717) is 23.6 Å². The first-order valence-corrected chi connectivity index (χ1v) is 10.5. The lowest BCUT2D eigenvalue weighted by molar-refractivity contribution is -0.0371. The molecular formula is C21H30Cl2N6O. The standard InChI is InChI=1S/C21H28N6O.2ClH/c28-21(15-4-3-5-18(9-15)26-13-24-25-14-26)23-12-20-17-8-16(10-22-11-17)19-6-1-2-7-27(19)20;;/h3-5,9,13-14,16-17,19-20,22H,1-2,6-8,10-12H2,(H,23,28);2*1H/t16-,17+,19+,20+;;/m1../s1. The molecule has 1 aromatic heterocycles. The van der Waals surface area contributed by atoms with Gasteiger partial charge in [-0.2, -0.15) is 0 Å². The molecular weight excluding hydrogens is 423 g/mol. The van der Waals surface area contributed by atoms with Crippen molar-refractivity contribution in [3.63, 3.8) is 0 Å². The Kier molecular flexibility index (Phi) is 7.74. The first-order chi connectivity index (χ1) is 13.8. The molecule has 164 valence electrons. The van der Waals surface area contributed by atoms with Crippen LogP contribution in [0.25, 0.3) is 5.69 Å². The molecule has 3 fully saturated rings. The number of halogens is 2. The molecule has 2 bridgehead atoms. The predicted molar refractivity (Wildman–Crippen MR) is 121 cm³/mol. The van der Waals surface area contributed by atoms with Crippen LogP contribution in [0.15, 0.2) is 36.9 Å². The minimum atomic E-state index is -0.00521. The van der Waals surface area contributed by atoms with E-state index in [1.54, 1.807) is 12.7 Å². The number of amides is 1. The second-order valence-corrected chi connectivity index (χ2v) is 8.41. The van der Waals surface area contributed by atoms with Gasteiger partial charge in [0.15, 0.2) is 0 Å². The lowest BCUT2D eigenvalue weighted by Gasteiger charge is -2.55. The van der Waals surface area contributed by atoms with E-state index in [9.17, 15) is 4.79 Å². The molecule has 30 heavy (non-hydrogen) atoms. The van der Waals surface area contributed by atoms with Crippen LogP contribution in [0.5, 0.6) is 0 Å². The van der Waals surface area contributed by atoms with Crippen molar-refractivity contribution >= 4 is 30.7 Å². The van der Waals surface area contributed by atoms with E-state index in [-0.39, 0.29) is 30.7 Å². The van der Waals surface area contributed by atoms with Crippen molar-refractivity contribution in [1.82, 2.24) is 30.3 Å². The van der Waals surface area contributed by atoms with Crippen LogP contribution in [0, 0.1) is 11.8 Å². The molecule has 4 heterocycles. The number of hydrogen-bond donors (Lipinski definition) is 2. The molecule has 1 amide bonds. The summed E-state index contributed by atoms with van der Waals surface area (Å²) in [6.45, 7) is 4.14. The van der Waals surface area contributed by atoms with Gasteiger partial charge in [0.05, 0.1) is 0 Å². The molecule has 0 spiro atoms. The number of carbonyl (C=O) groups is 1. The molecule has 0 radical (unpaired) electrons. The van der Waals surface area contributed by atoms with Crippen LogP contribution in [0.3, 0.4) is 0 Å². The van der Waals surface area contributed by atoms with Gasteiger partial charge < -0.3 is 10.6 Å². The summed E-state index contributed by atoms with van der Waals surface area (Å²) in [6, 6.07) is 8.75. The molecule has 9 heteroatoms. The summed E-state index contributed by atoms with van der Waals surface area (Å²) < 4.78 is 1.81. The first kappa shape index (κ1) is 23.0. The molecule has 2 aromatic rings. The summed E-state index contributed by atoms with van der Waals surface area (Å²) in [6.07, 6.45) is 8.53. The van der Waals surface area contributed by atoms with Gasteiger partial charge in [-0.25, -0.2) is 0 Å². The Bertz CT molecular complexity index is 833. The lowest BCUT2D eigenvalue weighted by atomic mass is 9.73. The molecule has 7 nitrogen and oxygen atoms in total. The van der Waals surface area contributed by atoms with Gasteiger partial charge in [0.1, 0.15) is 12.7 Å². The highest BCUT2D eigenvalue weighted by Gasteiger charge is 2.45. The second kappa shape index (κ2) is 10.1. The fourth-order valence-corrected chi connectivity index (χ4v) is 5.49. The first-order valence-electron chi connectivity index (χ1n) is 10.5. The van der Waals surface area contributed by atoms with Crippen molar-refractivity contribution in [1.29, 1.82) is 0 Å². The number of benzene rings is 1. The highest BCUT2D eigenvalue weighted by Crippen LogP contribution is 2.38. The largest absolute Gasteiger partial charge is 0.350 e. The maximum Gasteiger partial charge on any atom is 0.251 e. The van der Waals surface area contributed by atoms with E-state index in [0.717, 1.165) is 31.2 Å². The van der Waals surface area contributed by atoms with Crippen molar-refractivity contribution < 1.29 is 4.79 Å². The summed E-state index contributed by atoms with van der Waals surface area (Å²) in [5.41, 5.74) is 1.57. The van der Waals surface area contributed by atoms with Crippen LogP contribution in [0.1, 0.15) is 36.0 Å². The summed E-state index contributed by atoms with van der Waals surface area (Å²) in [5.74, 6) is 1.41. The number of nitrogens with one attached hydrogen (secondary N) is 2. The van der Waals surface area contributed by atoms with Crippen molar-refractivity contribution in [2.24, 2.45) is 11.8 Å². The van der Waals surface area contributed by atoms with Crippen LogP contribution in [-0.2, 0) is 0 Å². The van der Waals surface area contributed by atoms with E-state index in [4.69, 9.17) is 0 Å². The zero-order valence-electron chi connectivity index (χ0n) is 16.9. The quantitative estimate of drug-likeness (QED) is 0.743. The minimum Gasteiger partial charge on any atom is -0.350 e. The molecule has 0 aliphatic carbocycles. The lowest BCUT2D eigenvalue weighted by Crippen LogP contribution is -2.65. The molecule has 2 N–H and O–H groups in total. The van der Waals surface area contributed by atoms with Crippen molar-refractivity contribution in [2.75, 3.05) is 26.2 Å². The molecule has 4 atom stereocenters. The smallest absolute Gasteiger partial charge is 0.251 e. The van der Waals surface area contributed by atoms with Crippen LogP contribution in [-0.4, -0.2) is 63.8 Å². The zero-order chi connectivity index (χ0) is 18.9. The highest BCUT2D eigenvalue weighted by atomic mass is 35.5. The average molecular weight is 453 g/mol. The van der Waals surface area contributed by atoms with Crippen molar-refractivity contribution in [3.05, 3.63) is 42.5 Å². The van der Waals surface area contributed by atoms with Crippen LogP contribution in [0.2, 0.25) is 0 Å². The number of piperidine rings is 3. The Morgan fingerprint density at radius 1 is 1.13 bits per heavy atom. The third-order valence-corrected chi connectivity index (χ3v) is 6.82. The van der Waals surface area contributed by atoms with Gasteiger partial charge in [-0.3, -0.25) is 14.3 Å². The Morgan fingerprint density at radius 2 is 1.93 bits per heavy atom. The molecule has 3 saturated heterocycles. The molecule has 5 rings (SSSR count). The molecule has 0 unspecified atom stereocenters. The number of nitrogens with zero attached hydrogens (tertiary/aromatic N) is 4. The maximum atomic E-state index is 12.9. The van der Waals surface area contributed by atoms with Gasteiger partial charge in [0, 0.05) is 29.9 Å². The second-order valence-electron chi connectivity index (χ2n) is 8.41. The fourth-order valence-electron chi connectivity index (χ4n) is 5.49. The van der Waals surface area contributed by atoms with Crippen LogP contribution in [0.4, 0.5) is 0 Å². The number of rotatable bonds is 4. The third kappa shape index (κ3) is 4.49. The summed E-state index contributed by atoms with van der Waals surface area (Å²) in [4.78, 5) is 15.6. The third-order valence-electron chi connectivity index (χ3n) is 6.82. The average Bonchev–Trinajstić information content (AvgIpc) is 3.29. The number of aromatic nitrogens is 3. The Hall–Kier alpha value is -1.67. The number of carbonyl (C=O) groups excluding carboxylic acids is 1. The fraction of sp³-hybridized carbons (Fsp3) is 0.571. The zero-order valence-corrected chi connectivity index (χ0v) is 18.6.